The number of benzene rings is 2. The Bertz CT molecular complexity index is 824. The van der Waals surface area contributed by atoms with Gasteiger partial charge >= 0.3 is 5.97 Å². The highest BCUT2D eigenvalue weighted by atomic mass is 79.9. The SMILES string of the molecule is COc1cc(Br)ccc1OCC(=O)N/N=C(\CCC(=O)O)c1ccccc1. The van der Waals surface area contributed by atoms with Gasteiger partial charge in [0.05, 0.1) is 19.2 Å². The molecule has 1 amide bonds. The zero-order valence-corrected chi connectivity index (χ0v) is 16.2. The van der Waals surface area contributed by atoms with Crippen molar-refractivity contribution >= 4 is 33.5 Å². The van der Waals surface area contributed by atoms with Gasteiger partial charge in [-0.1, -0.05) is 46.3 Å². The molecule has 0 saturated carbocycles. The number of carboxylic acid groups (broad SMARTS) is 1. The molecule has 2 N–H and O–H groups in total. The average Bonchev–Trinajstić information content (AvgIpc) is 2.67. The van der Waals surface area contributed by atoms with E-state index in [4.69, 9.17) is 14.6 Å². The van der Waals surface area contributed by atoms with Crippen molar-refractivity contribution in [3.63, 3.8) is 0 Å². The second-order valence-corrected chi connectivity index (χ2v) is 6.35. The lowest BCUT2D eigenvalue weighted by molar-refractivity contribution is -0.136. The molecule has 2 aromatic carbocycles. The Morgan fingerprint density at radius 2 is 1.85 bits per heavy atom. The lowest BCUT2D eigenvalue weighted by Crippen LogP contribution is -2.26. The molecule has 0 fully saturated rings. The zero-order chi connectivity index (χ0) is 19.6. The van der Waals surface area contributed by atoms with Crippen LogP contribution in [0.3, 0.4) is 0 Å². The molecule has 0 spiro atoms. The minimum atomic E-state index is -0.935. The van der Waals surface area contributed by atoms with Gasteiger partial charge in [0, 0.05) is 10.9 Å². The van der Waals surface area contributed by atoms with Gasteiger partial charge in [0.15, 0.2) is 18.1 Å². The highest BCUT2D eigenvalue weighted by Gasteiger charge is 2.10. The molecule has 0 aliphatic carbocycles. The molecule has 0 aliphatic rings. The standard InChI is InChI=1S/C19H19BrN2O5/c1-26-17-11-14(20)7-9-16(17)27-12-18(23)22-21-15(8-10-19(24)25)13-5-3-2-4-6-13/h2-7,9,11H,8,10,12H2,1H3,(H,22,23)(H,24,25)/b21-15+. The number of methoxy groups -OCH3 is 1. The van der Waals surface area contributed by atoms with Gasteiger partial charge in [-0.3, -0.25) is 9.59 Å². The molecule has 0 aromatic heterocycles. The molecule has 0 radical (unpaired) electrons. The molecule has 0 atom stereocenters. The van der Waals surface area contributed by atoms with Gasteiger partial charge in [-0.15, -0.1) is 0 Å². The summed E-state index contributed by atoms with van der Waals surface area (Å²) in [4.78, 5) is 22.9. The van der Waals surface area contributed by atoms with Crippen LogP contribution in [0.5, 0.6) is 11.5 Å². The number of hydrogen-bond acceptors (Lipinski definition) is 5. The maximum Gasteiger partial charge on any atom is 0.303 e. The van der Waals surface area contributed by atoms with Crippen molar-refractivity contribution < 1.29 is 24.2 Å². The van der Waals surface area contributed by atoms with Crippen molar-refractivity contribution in [3.05, 3.63) is 58.6 Å². The predicted molar refractivity (Wildman–Crippen MR) is 104 cm³/mol. The van der Waals surface area contributed by atoms with Gasteiger partial charge in [-0.2, -0.15) is 5.10 Å². The highest BCUT2D eigenvalue weighted by Crippen LogP contribution is 2.30. The molecule has 0 heterocycles. The van der Waals surface area contributed by atoms with Crippen molar-refractivity contribution in [2.45, 2.75) is 12.8 Å². The van der Waals surface area contributed by atoms with E-state index >= 15 is 0 Å². The van der Waals surface area contributed by atoms with E-state index in [0.717, 1.165) is 10.0 Å². The van der Waals surface area contributed by atoms with E-state index in [2.05, 4.69) is 26.5 Å². The number of nitrogens with zero attached hydrogens (tertiary/aromatic N) is 1. The van der Waals surface area contributed by atoms with E-state index in [1.165, 1.54) is 7.11 Å². The molecule has 8 heteroatoms. The van der Waals surface area contributed by atoms with Crippen LogP contribution in [-0.4, -0.2) is 36.4 Å². The molecule has 2 rings (SSSR count). The number of carboxylic acids is 1. The monoisotopic (exact) mass is 434 g/mol. The first-order valence-electron chi connectivity index (χ1n) is 8.08. The lowest BCUT2D eigenvalue weighted by Gasteiger charge is -2.10. The van der Waals surface area contributed by atoms with Crippen LogP contribution in [0.4, 0.5) is 0 Å². The van der Waals surface area contributed by atoms with Gasteiger partial charge in [0.25, 0.3) is 5.91 Å². The maximum absolute atomic E-state index is 12.0. The highest BCUT2D eigenvalue weighted by molar-refractivity contribution is 9.10. The van der Waals surface area contributed by atoms with E-state index in [0.29, 0.717) is 17.2 Å². The number of hydrogen-bond donors (Lipinski definition) is 2. The van der Waals surface area contributed by atoms with Crippen LogP contribution in [0.25, 0.3) is 0 Å². The molecule has 142 valence electrons. The number of ether oxygens (including phenoxy) is 2. The summed E-state index contributed by atoms with van der Waals surface area (Å²) in [5.41, 5.74) is 3.63. The molecular weight excluding hydrogens is 416 g/mol. The smallest absolute Gasteiger partial charge is 0.303 e. The molecule has 7 nitrogen and oxygen atoms in total. The molecule has 0 aliphatic heterocycles. The van der Waals surface area contributed by atoms with Gasteiger partial charge in [-0.25, -0.2) is 5.43 Å². The molecule has 0 saturated heterocycles. The molecule has 27 heavy (non-hydrogen) atoms. The second-order valence-electron chi connectivity index (χ2n) is 5.44. The summed E-state index contributed by atoms with van der Waals surface area (Å²) >= 11 is 3.33. The van der Waals surface area contributed by atoms with Crippen molar-refractivity contribution in [2.24, 2.45) is 5.10 Å². The summed E-state index contributed by atoms with van der Waals surface area (Å²) in [6.07, 6.45) is 0.108. The van der Waals surface area contributed by atoms with Crippen LogP contribution < -0.4 is 14.9 Å². The Balaban J connectivity index is 2.00. The van der Waals surface area contributed by atoms with Crippen molar-refractivity contribution in [2.75, 3.05) is 13.7 Å². The summed E-state index contributed by atoms with van der Waals surface area (Å²) in [6.45, 7) is -0.261. The molecule has 2 aromatic rings. The van der Waals surface area contributed by atoms with E-state index in [1.54, 1.807) is 30.3 Å². The third kappa shape index (κ3) is 6.74. The quantitative estimate of drug-likeness (QED) is 0.466. The first kappa shape index (κ1) is 20.4. The van der Waals surface area contributed by atoms with Crippen molar-refractivity contribution in [3.8, 4) is 11.5 Å². The van der Waals surface area contributed by atoms with Crippen LogP contribution in [0.1, 0.15) is 18.4 Å². The van der Waals surface area contributed by atoms with Gasteiger partial charge in [0.1, 0.15) is 0 Å². The topological polar surface area (TPSA) is 97.2 Å². The summed E-state index contributed by atoms with van der Waals surface area (Å²) in [6, 6.07) is 14.3. The fraction of sp³-hybridized carbons (Fsp3) is 0.211. The Labute approximate surface area is 165 Å². The number of hydrazone groups is 1. The number of aliphatic carboxylic acids is 1. The Hall–Kier alpha value is -2.87. The number of halogens is 1. The minimum Gasteiger partial charge on any atom is -0.493 e. The summed E-state index contributed by atoms with van der Waals surface area (Å²) < 4.78 is 11.5. The largest absolute Gasteiger partial charge is 0.493 e. The predicted octanol–water partition coefficient (Wildman–Crippen LogP) is 3.22. The van der Waals surface area contributed by atoms with E-state index in [9.17, 15) is 9.59 Å². The summed E-state index contributed by atoms with van der Waals surface area (Å²) in [7, 11) is 1.51. The Morgan fingerprint density at radius 3 is 2.52 bits per heavy atom. The number of carbonyl (C=O) groups excluding carboxylic acids is 1. The fourth-order valence-corrected chi connectivity index (χ4v) is 2.53. The van der Waals surface area contributed by atoms with E-state index in [1.807, 2.05) is 18.2 Å². The van der Waals surface area contributed by atoms with Crippen molar-refractivity contribution in [1.82, 2.24) is 5.43 Å². The van der Waals surface area contributed by atoms with E-state index in [-0.39, 0.29) is 19.4 Å². The number of carbonyl (C=O) groups is 2. The average molecular weight is 435 g/mol. The second kappa shape index (κ2) is 10.3. The third-order valence-electron chi connectivity index (χ3n) is 3.48. The van der Waals surface area contributed by atoms with Crippen LogP contribution in [0.15, 0.2) is 58.1 Å². The number of nitrogens with one attached hydrogen (secondary N) is 1. The maximum atomic E-state index is 12.0. The Morgan fingerprint density at radius 1 is 1.11 bits per heavy atom. The van der Waals surface area contributed by atoms with Crippen LogP contribution in [-0.2, 0) is 9.59 Å². The van der Waals surface area contributed by atoms with Gasteiger partial charge in [0.2, 0.25) is 0 Å². The minimum absolute atomic E-state index is 0.0871. The summed E-state index contributed by atoms with van der Waals surface area (Å²) in [5, 5.41) is 13.0. The van der Waals surface area contributed by atoms with Gasteiger partial charge in [-0.05, 0) is 23.8 Å². The zero-order valence-electron chi connectivity index (χ0n) is 14.6. The fourth-order valence-electron chi connectivity index (χ4n) is 2.19. The van der Waals surface area contributed by atoms with Crippen LogP contribution in [0.2, 0.25) is 0 Å². The van der Waals surface area contributed by atoms with Crippen molar-refractivity contribution in [1.29, 1.82) is 0 Å². The lowest BCUT2D eigenvalue weighted by atomic mass is 10.1. The first-order valence-corrected chi connectivity index (χ1v) is 8.88. The molecule has 0 bridgehead atoms. The summed E-state index contributed by atoms with van der Waals surface area (Å²) in [5.74, 6) is -0.486. The normalized spacial score (nSPS) is 11.0. The third-order valence-corrected chi connectivity index (χ3v) is 3.98. The Kier molecular flexibility index (Phi) is 7.81. The number of rotatable bonds is 9. The molecule has 0 unspecified atom stereocenters. The van der Waals surface area contributed by atoms with E-state index < -0.39 is 11.9 Å². The van der Waals surface area contributed by atoms with Crippen LogP contribution >= 0.6 is 15.9 Å². The molecular formula is C19H19BrN2O5. The number of amides is 1. The van der Waals surface area contributed by atoms with Gasteiger partial charge < -0.3 is 14.6 Å². The first-order chi connectivity index (χ1) is 13.0. The van der Waals surface area contributed by atoms with Crippen LogP contribution in [0, 0.1) is 0 Å².